The van der Waals surface area contributed by atoms with E-state index in [-0.39, 0.29) is 11.5 Å². The highest BCUT2D eigenvalue weighted by atomic mass is 32.1. The van der Waals surface area contributed by atoms with Crippen molar-refractivity contribution in [3.8, 4) is 5.69 Å². The Morgan fingerprint density at radius 3 is 2.73 bits per heavy atom. The van der Waals surface area contributed by atoms with Crippen LogP contribution in [0.25, 0.3) is 5.69 Å². The molecule has 0 unspecified atom stereocenters. The summed E-state index contributed by atoms with van der Waals surface area (Å²) in [5, 5.41) is 5.49. The van der Waals surface area contributed by atoms with Crippen molar-refractivity contribution < 1.29 is 4.79 Å². The smallest absolute Gasteiger partial charge is 0.255 e. The summed E-state index contributed by atoms with van der Waals surface area (Å²) in [5.41, 5.74) is 0.977. The molecule has 2 heterocycles. The molecule has 1 amide bonds. The van der Waals surface area contributed by atoms with Crippen LogP contribution in [-0.4, -0.2) is 15.5 Å². The van der Waals surface area contributed by atoms with Crippen molar-refractivity contribution in [3.63, 3.8) is 0 Å². The summed E-state index contributed by atoms with van der Waals surface area (Å²) >= 11 is 1.48. The van der Waals surface area contributed by atoms with Crippen LogP contribution in [0.4, 0.5) is 0 Å². The van der Waals surface area contributed by atoms with Crippen molar-refractivity contribution >= 4 is 17.2 Å². The third kappa shape index (κ3) is 3.12. The number of amides is 1. The molecule has 2 aromatic heterocycles. The van der Waals surface area contributed by atoms with Crippen molar-refractivity contribution in [3.05, 3.63) is 81.2 Å². The molecule has 5 nitrogen and oxygen atoms in total. The van der Waals surface area contributed by atoms with E-state index in [9.17, 15) is 9.59 Å². The molecule has 6 heteroatoms. The highest BCUT2D eigenvalue weighted by Gasteiger charge is 2.09. The molecular weight excluding hydrogens is 298 g/mol. The van der Waals surface area contributed by atoms with Crippen LogP contribution in [0.15, 0.2) is 65.0 Å². The normalized spacial score (nSPS) is 10.4. The summed E-state index contributed by atoms with van der Waals surface area (Å²) in [7, 11) is 0. The van der Waals surface area contributed by atoms with Crippen molar-refractivity contribution in [1.29, 1.82) is 0 Å². The molecule has 1 aromatic carbocycles. The molecule has 110 valence electrons. The van der Waals surface area contributed by atoms with Gasteiger partial charge in [-0.15, -0.1) is 11.3 Å². The molecule has 3 rings (SSSR count). The van der Waals surface area contributed by atoms with Gasteiger partial charge in [-0.1, -0.05) is 18.2 Å². The number of para-hydroxylation sites is 1. The van der Waals surface area contributed by atoms with Gasteiger partial charge < -0.3 is 5.32 Å². The van der Waals surface area contributed by atoms with Gasteiger partial charge in [0.15, 0.2) is 0 Å². The second kappa shape index (κ2) is 6.36. The number of nitrogens with zero attached hydrogens (tertiary/aromatic N) is 2. The van der Waals surface area contributed by atoms with Gasteiger partial charge in [0.25, 0.3) is 11.5 Å². The van der Waals surface area contributed by atoms with E-state index in [1.54, 1.807) is 12.4 Å². The number of rotatable bonds is 4. The predicted molar refractivity (Wildman–Crippen MR) is 85.3 cm³/mol. The van der Waals surface area contributed by atoms with E-state index in [1.165, 1.54) is 28.0 Å². The maximum atomic E-state index is 12.2. The van der Waals surface area contributed by atoms with Gasteiger partial charge in [0.05, 0.1) is 12.1 Å². The number of carbonyl (C=O) groups is 1. The molecule has 0 fully saturated rings. The molecule has 3 aromatic rings. The van der Waals surface area contributed by atoms with E-state index in [0.29, 0.717) is 12.1 Å². The first-order chi connectivity index (χ1) is 10.7. The SMILES string of the molecule is O=C(NCc1nccs1)c1ccc(=O)n(-c2ccccc2)c1. The van der Waals surface area contributed by atoms with E-state index in [2.05, 4.69) is 10.3 Å². The van der Waals surface area contributed by atoms with E-state index < -0.39 is 0 Å². The van der Waals surface area contributed by atoms with E-state index in [1.807, 2.05) is 35.7 Å². The lowest BCUT2D eigenvalue weighted by Crippen LogP contribution is -2.25. The van der Waals surface area contributed by atoms with Gasteiger partial charge in [-0.3, -0.25) is 14.2 Å². The van der Waals surface area contributed by atoms with Gasteiger partial charge in [-0.2, -0.15) is 0 Å². The first-order valence-electron chi connectivity index (χ1n) is 6.69. The Bertz CT molecular complexity index is 826. The van der Waals surface area contributed by atoms with Crippen LogP contribution in [0.2, 0.25) is 0 Å². The summed E-state index contributed by atoms with van der Waals surface area (Å²) in [6, 6.07) is 12.1. The van der Waals surface area contributed by atoms with Gasteiger partial charge in [0, 0.05) is 29.5 Å². The van der Waals surface area contributed by atoms with E-state index in [0.717, 1.165) is 10.7 Å². The quantitative estimate of drug-likeness (QED) is 0.803. The molecule has 1 N–H and O–H groups in total. The van der Waals surface area contributed by atoms with Gasteiger partial charge in [-0.25, -0.2) is 4.98 Å². The number of pyridine rings is 1. The van der Waals surface area contributed by atoms with E-state index in [4.69, 9.17) is 0 Å². The predicted octanol–water partition coefficient (Wildman–Crippen LogP) is 2.22. The largest absolute Gasteiger partial charge is 0.345 e. The number of nitrogens with one attached hydrogen (secondary N) is 1. The monoisotopic (exact) mass is 311 g/mol. The number of benzene rings is 1. The minimum atomic E-state index is -0.236. The molecule has 22 heavy (non-hydrogen) atoms. The van der Waals surface area contributed by atoms with Crippen molar-refractivity contribution in [2.45, 2.75) is 6.54 Å². The van der Waals surface area contributed by atoms with Crippen LogP contribution in [0.5, 0.6) is 0 Å². The van der Waals surface area contributed by atoms with Crippen LogP contribution in [0.3, 0.4) is 0 Å². The van der Waals surface area contributed by atoms with Gasteiger partial charge >= 0.3 is 0 Å². The lowest BCUT2D eigenvalue weighted by atomic mass is 10.2. The Kier molecular flexibility index (Phi) is 4.11. The molecule has 0 radical (unpaired) electrons. The van der Waals surface area contributed by atoms with Crippen LogP contribution in [-0.2, 0) is 6.54 Å². The third-order valence-electron chi connectivity index (χ3n) is 3.09. The first-order valence-corrected chi connectivity index (χ1v) is 7.57. The minimum Gasteiger partial charge on any atom is -0.345 e. The maximum Gasteiger partial charge on any atom is 0.255 e. The summed E-state index contributed by atoms with van der Waals surface area (Å²) in [6.45, 7) is 0.376. The fraction of sp³-hybridized carbons (Fsp3) is 0.0625. The van der Waals surface area contributed by atoms with Gasteiger partial charge in [0.2, 0.25) is 0 Å². The fourth-order valence-corrected chi connectivity index (χ4v) is 2.57. The summed E-state index contributed by atoms with van der Waals surface area (Å²) in [4.78, 5) is 28.3. The number of hydrogen-bond acceptors (Lipinski definition) is 4. The molecule has 0 aliphatic heterocycles. The third-order valence-corrected chi connectivity index (χ3v) is 3.87. The molecule has 0 saturated carbocycles. The Labute approximate surface area is 130 Å². The summed E-state index contributed by atoms with van der Waals surface area (Å²) < 4.78 is 1.46. The van der Waals surface area contributed by atoms with Crippen LogP contribution < -0.4 is 10.9 Å². The van der Waals surface area contributed by atoms with Crippen LogP contribution in [0.1, 0.15) is 15.4 Å². The number of thiazole rings is 1. The van der Waals surface area contributed by atoms with Crippen molar-refractivity contribution in [2.75, 3.05) is 0 Å². The summed E-state index contributed by atoms with van der Waals surface area (Å²) in [5.74, 6) is -0.236. The highest BCUT2D eigenvalue weighted by Crippen LogP contribution is 2.07. The second-order valence-corrected chi connectivity index (χ2v) is 5.55. The maximum absolute atomic E-state index is 12.2. The number of carbonyl (C=O) groups excluding carboxylic acids is 1. The van der Waals surface area contributed by atoms with Crippen LogP contribution >= 0.6 is 11.3 Å². The molecule has 0 aliphatic carbocycles. The molecule has 0 bridgehead atoms. The molecule has 0 spiro atoms. The zero-order valence-corrected chi connectivity index (χ0v) is 12.4. The molecule has 0 aliphatic rings. The topological polar surface area (TPSA) is 64.0 Å². The van der Waals surface area contributed by atoms with Crippen LogP contribution in [0, 0.1) is 0 Å². The first kappa shape index (κ1) is 14.2. The van der Waals surface area contributed by atoms with E-state index >= 15 is 0 Å². The number of aromatic nitrogens is 2. The summed E-state index contributed by atoms with van der Waals surface area (Å²) in [6.07, 6.45) is 3.25. The highest BCUT2D eigenvalue weighted by molar-refractivity contribution is 7.09. The average Bonchev–Trinajstić information content (AvgIpc) is 3.07. The molecule has 0 saturated heterocycles. The fourth-order valence-electron chi connectivity index (χ4n) is 2.01. The number of hydrogen-bond donors (Lipinski definition) is 1. The zero-order chi connectivity index (χ0) is 15.4. The molecular formula is C16H13N3O2S. The van der Waals surface area contributed by atoms with Gasteiger partial charge in [0.1, 0.15) is 5.01 Å². The van der Waals surface area contributed by atoms with Crippen molar-refractivity contribution in [1.82, 2.24) is 14.9 Å². The Morgan fingerprint density at radius 2 is 2.00 bits per heavy atom. The average molecular weight is 311 g/mol. The lowest BCUT2D eigenvalue weighted by Gasteiger charge is -2.08. The van der Waals surface area contributed by atoms with Crippen molar-refractivity contribution in [2.24, 2.45) is 0 Å². The van der Waals surface area contributed by atoms with Gasteiger partial charge in [-0.05, 0) is 18.2 Å². The second-order valence-electron chi connectivity index (χ2n) is 4.57. The lowest BCUT2D eigenvalue weighted by molar-refractivity contribution is 0.0950. The zero-order valence-electron chi connectivity index (χ0n) is 11.6. The standard InChI is InChI=1S/C16H13N3O2S/c20-15-7-6-12(11-19(15)13-4-2-1-3-5-13)16(21)18-10-14-17-8-9-22-14/h1-9,11H,10H2,(H,18,21). The molecule has 0 atom stereocenters. The Morgan fingerprint density at radius 1 is 1.18 bits per heavy atom. The minimum absolute atomic E-state index is 0.178. The Hall–Kier alpha value is -2.73. The Balaban J connectivity index is 1.82.